The summed E-state index contributed by atoms with van der Waals surface area (Å²) in [5.74, 6) is 0.0611. The van der Waals surface area contributed by atoms with Crippen molar-refractivity contribution in [2.75, 3.05) is 28.3 Å². The van der Waals surface area contributed by atoms with Crippen molar-refractivity contribution < 1.29 is 14.4 Å². The lowest BCUT2D eigenvalue weighted by atomic mass is 9.85. The van der Waals surface area contributed by atoms with Crippen LogP contribution in [0, 0.1) is 11.8 Å². The predicted molar refractivity (Wildman–Crippen MR) is 92.0 cm³/mol. The zero-order valence-electron chi connectivity index (χ0n) is 15.9. The average molecular weight is 327 g/mol. The Hall–Kier alpha value is -1.14. The van der Waals surface area contributed by atoms with Crippen LogP contribution in [0.1, 0.15) is 47.0 Å². The average Bonchev–Trinajstić information content (AvgIpc) is 2.80. The van der Waals surface area contributed by atoms with Crippen LogP contribution in [0.25, 0.3) is 0 Å². The molecule has 0 N–H and O–H groups in total. The number of hydroxylamine groups is 2. The SMILES string of the molecule is CC/C(=N\N(C)C)[C@]1(C)C[C@H](C)[C@@H]([C@@H](CC)C(=O)N(C)OC)O1. The summed E-state index contributed by atoms with van der Waals surface area (Å²) >= 11 is 0. The van der Waals surface area contributed by atoms with Crippen LogP contribution in [0.4, 0.5) is 0 Å². The molecule has 1 heterocycles. The maximum absolute atomic E-state index is 12.5. The van der Waals surface area contributed by atoms with Gasteiger partial charge in [-0.15, -0.1) is 0 Å². The van der Waals surface area contributed by atoms with Gasteiger partial charge in [-0.1, -0.05) is 20.8 Å². The van der Waals surface area contributed by atoms with Crippen molar-refractivity contribution in [1.29, 1.82) is 0 Å². The Labute approximate surface area is 140 Å². The van der Waals surface area contributed by atoms with Crippen LogP contribution in [0.2, 0.25) is 0 Å². The van der Waals surface area contributed by atoms with Gasteiger partial charge in [0.1, 0.15) is 5.60 Å². The van der Waals surface area contributed by atoms with Gasteiger partial charge in [0.2, 0.25) is 0 Å². The highest BCUT2D eigenvalue weighted by Gasteiger charge is 2.48. The predicted octanol–water partition coefficient (Wildman–Crippen LogP) is 2.54. The molecule has 0 aromatic carbocycles. The zero-order valence-corrected chi connectivity index (χ0v) is 15.9. The van der Waals surface area contributed by atoms with Gasteiger partial charge in [-0.3, -0.25) is 9.63 Å². The number of hydrogen-bond donors (Lipinski definition) is 0. The Bertz CT molecular complexity index is 439. The van der Waals surface area contributed by atoms with E-state index in [4.69, 9.17) is 9.57 Å². The molecule has 0 saturated carbocycles. The lowest BCUT2D eigenvalue weighted by Gasteiger charge is -2.30. The van der Waals surface area contributed by atoms with E-state index in [1.54, 1.807) is 7.05 Å². The number of carbonyl (C=O) groups excluding carboxylic acids is 1. The normalized spacial score (nSPS) is 29.5. The van der Waals surface area contributed by atoms with E-state index in [-0.39, 0.29) is 23.8 Å². The molecule has 0 aromatic heterocycles. The summed E-state index contributed by atoms with van der Waals surface area (Å²) in [4.78, 5) is 17.6. The Kier molecular flexibility index (Phi) is 7.02. The van der Waals surface area contributed by atoms with Crippen molar-refractivity contribution in [3.8, 4) is 0 Å². The molecule has 6 nitrogen and oxygen atoms in total. The maximum Gasteiger partial charge on any atom is 0.251 e. The van der Waals surface area contributed by atoms with Crippen LogP contribution < -0.4 is 0 Å². The molecule has 0 aromatic rings. The first-order valence-electron chi connectivity index (χ1n) is 8.44. The van der Waals surface area contributed by atoms with Gasteiger partial charge in [0.15, 0.2) is 0 Å². The molecule has 1 aliphatic rings. The van der Waals surface area contributed by atoms with Gasteiger partial charge in [-0.25, -0.2) is 5.06 Å². The lowest BCUT2D eigenvalue weighted by Crippen LogP contribution is -2.42. The highest BCUT2D eigenvalue weighted by molar-refractivity contribution is 5.92. The van der Waals surface area contributed by atoms with Gasteiger partial charge in [0.25, 0.3) is 5.91 Å². The summed E-state index contributed by atoms with van der Waals surface area (Å²) in [6.45, 7) is 8.36. The Morgan fingerprint density at radius 2 is 2.00 bits per heavy atom. The number of nitrogens with zero attached hydrogens (tertiary/aromatic N) is 3. The molecule has 1 aliphatic heterocycles. The van der Waals surface area contributed by atoms with Gasteiger partial charge < -0.3 is 9.75 Å². The number of hydrazone groups is 1. The topological polar surface area (TPSA) is 54.4 Å². The van der Waals surface area contributed by atoms with Crippen LogP contribution in [-0.2, 0) is 14.4 Å². The molecule has 1 fully saturated rings. The minimum Gasteiger partial charge on any atom is -0.365 e. The van der Waals surface area contributed by atoms with E-state index in [0.717, 1.165) is 25.0 Å². The largest absolute Gasteiger partial charge is 0.365 e. The lowest BCUT2D eigenvalue weighted by molar-refractivity contribution is -0.179. The molecule has 1 saturated heterocycles. The second-order valence-electron chi connectivity index (χ2n) is 6.78. The van der Waals surface area contributed by atoms with E-state index in [9.17, 15) is 4.79 Å². The summed E-state index contributed by atoms with van der Waals surface area (Å²) < 4.78 is 6.42. The molecule has 0 unspecified atom stereocenters. The van der Waals surface area contributed by atoms with Crippen LogP contribution in [0.5, 0.6) is 0 Å². The number of ether oxygens (including phenoxy) is 1. The fraction of sp³-hybridized carbons (Fsp3) is 0.882. The van der Waals surface area contributed by atoms with Crippen molar-refractivity contribution in [1.82, 2.24) is 10.1 Å². The fourth-order valence-electron chi connectivity index (χ4n) is 3.52. The summed E-state index contributed by atoms with van der Waals surface area (Å²) in [5.41, 5.74) is 0.613. The van der Waals surface area contributed by atoms with E-state index in [1.165, 1.54) is 12.2 Å². The van der Waals surface area contributed by atoms with Gasteiger partial charge in [0.05, 0.1) is 24.8 Å². The van der Waals surface area contributed by atoms with Crippen LogP contribution in [0.15, 0.2) is 5.10 Å². The summed E-state index contributed by atoms with van der Waals surface area (Å²) in [6.07, 6.45) is 2.31. The van der Waals surface area contributed by atoms with Gasteiger partial charge >= 0.3 is 0 Å². The molecule has 0 radical (unpaired) electrons. The van der Waals surface area contributed by atoms with Crippen molar-refractivity contribution in [2.45, 2.75) is 58.7 Å². The van der Waals surface area contributed by atoms with Crippen molar-refractivity contribution in [2.24, 2.45) is 16.9 Å². The monoisotopic (exact) mass is 327 g/mol. The van der Waals surface area contributed by atoms with Crippen LogP contribution in [-0.4, -0.2) is 61.6 Å². The maximum atomic E-state index is 12.5. The standard InChI is InChI=1S/C17H33N3O3/c1-9-13(16(21)20(7)22-8)15-12(3)11-17(4,23-15)14(10-2)18-19(5)6/h12-13,15H,9-11H2,1-8H3/b18-14+/t12-,13+,15-,17-/m0/s1. The van der Waals surface area contributed by atoms with E-state index < -0.39 is 5.60 Å². The number of hydrogen-bond acceptors (Lipinski definition) is 5. The molecule has 134 valence electrons. The van der Waals surface area contributed by atoms with Gasteiger partial charge in [-0.2, -0.15) is 5.10 Å². The van der Waals surface area contributed by atoms with Crippen molar-refractivity contribution in [3.63, 3.8) is 0 Å². The third-order valence-corrected chi connectivity index (χ3v) is 4.67. The highest BCUT2D eigenvalue weighted by Crippen LogP contribution is 2.41. The first-order chi connectivity index (χ1) is 10.7. The van der Waals surface area contributed by atoms with Gasteiger partial charge in [-0.05, 0) is 32.1 Å². The molecule has 4 atom stereocenters. The van der Waals surface area contributed by atoms with Crippen molar-refractivity contribution >= 4 is 11.6 Å². The summed E-state index contributed by atoms with van der Waals surface area (Å²) in [5, 5.41) is 7.72. The zero-order chi connectivity index (χ0) is 17.8. The first-order valence-corrected chi connectivity index (χ1v) is 8.44. The molecular weight excluding hydrogens is 294 g/mol. The first kappa shape index (κ1) is 19.9. The number of rotatable bonds is 7. The van der Waals surface area contributed by atoms with Crippen LogP contribution in [0.3, 0.4) is 0 Å². The summed E-state index contributed by atoms with van der Waals surface area (Å²) in [7, 11) is 6.99. The molecule has 1 rings (SSSR count). The van der Waals surface area contributed by atoms with E-state index in [2.05, 4.69) is 25.9 Å². The van der Waals surface area contributed by atoms with E-state index in [0.29, 0.717) is 0 Å². The third-order valence-electron chi connectivity index (χ3n) is 4.67. The van der Waals surface area contributed by atoms with Gasteiger partial charge in [0, 0.05) is 21.1 Å². The van der Waals surface area contributed by atoms with E-state index >= 15 is 0 Å². The quantitative estimate of drug-likeness (QED) is 0.533. The van der Waals surface area contributed by atoms with E-state index in [1.807, 2.05) is 26.0 Å². The number of carbonyl (C=O) groups is 1. The Balaban J connectivity index is 3.02. The Morgan fingerprint density at radius 1 is 1.39 bits per heavy atom. The third kappa shape index (κ3) is 4.44. The molecule has 0 aliphatic carbocycles. The molecule has 1 amide bonds. The molecule has 0 spiro atoms. The minimum absolute atomic E-state index is 0.0290. The summed E-state index contributed by atoms with van der Waals surface area (Å²) in [6, 6.07) is 0. The smallest absolute Gasteiger partial charge is 0.251 e. The minimum atomic E-state index is -0.414. The molecular formula is C17H33N3O3. The second kappa shape index (κ2) is 8.11. The molecule has 0 bridgehead atoms. The second-order valence-corrected chi connectivity index (χ2v) is 6.78. The number of amides is 1. The molecule has 6 heteroatoms. The van der Waals surface area contributed by atoms with Crippen molar-refractivity contribution in [3.05, 3.63) is 0 Å². The molecule has 23 heavy (non-hydrogen) atoms. The van der Waals surface area contributed by atoms with Crippen LogP contribution >= 0.6 is 0 Å². The Morgan fingerprint density at radius 3 is 2.43 bits per heavy atom. The fourth-order valence-corrected chi connectivity index (χ4v) is 3.52. The highest BCUT2D eigenvalue weighted by atomic mass is 16.7.